The lowest BCUT2D eigenvalue weighted by molar-refractivity contribution is 0.414. The molecule has 0 saturated heterocycles. The number of rotatable bonds is 6. The van der Waals surface area contributed by atoms with E-state index in [1.807, 2.05) is 25.1 Å². The van der Waals surface area contributed by atoms with Crippen molar-refractivity contribution in [3.63, 3.8) is 0 Å². The molecule has 0 bridgehead atoms. The predicted molar refractivity (Wildman–Crippen MR) is 116 cm³/mol. The molecule has 1 saturated carbocycles. The average Bonchev–Trinajstić information content (AvgIpc) is 3.24. The summed E-state index contributed by atoms with van der Waals surface area (Å²) < 4.78 is 13.3. The Labute approximate surface area is 175 Å². The molecule has 0 unspecified atom stereocenters. The van der Waals surface area contributed by atoms with Crippen molar-refractivity contribution >= 4 is 34.7 Å². The molecular weight excluding hydrogens is 388 g/mol. The summed E-state index contributed by atoms with van der Waals surface area (Å²) in [6.07, 6.45) is 6.48. The van der Waals surface area contributed by atoms with E-state index < -0.39 is 0 Å². The Balaban J connectivity index is 0.00000205. The number of hydrogen-bond donors (Lipinski definition) is 1. The van der Waals surface area contributed by atoms with Crippen LogP contribution in [-0.4, -0.2) is 21.9 Å². The van der Waals surface area contributed by atoms with Gasteiger partial charge in [0, 0.05) is 36.8 Å². The zero-order chi connectivity index (χ0) is 19.1. The molecule has 1 fully saturated rings. The zero-order valence-electron chi connectivity index (χ0n) is 16.4. The van der Waals surface area contributed by atoms with E-state index in [0.29, 0.717) is 11.7 Å². The van der Waals surface area contributed by atoms with Gasteiger partial charge in [-0.3, -0.25) is 4.68 Å². The van der Waals surface area contributed by atoms with E-state index in [9.17, 15) is 0 Å². The normalized spacial score (nSPS) is 13.3. The minimum absolute atomic E-state index is 0. The van der Waals surface area contributed by atoms with Crippen molar-refractivity contribution in [2.75, 3.05) is 12.4 Å². The molecule has 0 aliphatic heterocycles. The van der Waals surface area contributed by atoms with Gasteiger partial charge in [0.15, 0.2) is 11.7 Å². The van der Waals surface area contributed by atoms with Crippen LogP contribution in [0.15, 0.2) is 53.2 Å². The Morgan fingerprint density at radius 2 is 2.10 bits per heavy atom. The van der Waals surface area contributed by atoms with E-state index in [0.717, 1.165) is 46.1 Å². The quantitative estimate of drug-likeness (QED) is 0.449. The van der Waals surface area contributed by atoms with Gasteiger partial charge in [0.2, 0.25) is 0 Å². The summed E-state index contributed by atoms with van der Waals surface area (Å²) in [5.74, 6) is 2.85. The molecule has 6 nitrogen and oxygen atoms in total. The van der Waals surface area contributed by atoms with Gasteiger partial charge in [0.25, 0.3) is 0 Å². The first-order valence-corrected chi connectivity index (χ1v) is 9.53. The van der Waals surface area contributed by atoms with E-state index >= 15 is 0 Å². The molecule has 0 spiro atoms. The van der Waals surface area contributed by atoms with Crippen LogP contribution in [0.1, 0.15) is 18.7 Å². The van der Waals surface area contributed by atoms with Gasteiger partial charge in [-0.2, -0.15) is 5.10 Å². The highest BCUT2D eigenvalue weighted by molar-refractivity contribution is 5.92. The standard InChI is InChI=1S/C22H22N4O2.ClH/c1-14-23-11-21(28-14)18-9-8-17(10-20(18)27-2)24-19-5-3-4-16-13-26(25-22(16)19)12-15-6-7-15;/h3-5,8-11,13,15,24H,6-7,12H2,1-2H3;1H. The molecule has 0 radical (unpaired) electrons. The minimum atomic E-state index is 0. The van der Waals surface area contributed by atoms with Crippen molar-refractivity contribution in [2.24, 2.45) is 5.92 Å². The van der Waals surface area contributed by atoms with Gasteiger partial charge in [-0.15, -0.1) is 12.4 Å². The lowest BCUT2D eigenvalue weighted by Crippen LogP contribution is -2.00. The summed E-state index contributed by atoms with van der Waals surface area (Å²) in [7, 11) is 1.66. The topological polar surface area (TPSA) is 65.1 Å². The molecule has 7 heteroatoms. The molecular formula is C22H23ClN4O2. The summed E-state index contributed by atoms with van der Waals surface area (Å²) in [5.41, 5.74) is 3.77. The third-order valence-electron chi connectivity index (χ3n) is 5.09. The number of methoxy groups -OCH3 is 1. The molecule has 2 aromatic carbocycles. The molecule has 2 aromatic heterocycles. The fourth-order valence-corrected chi connectivity index (χ4v) is 3.47. The number of nitrogens with zero attached hydrogens (tertiary/aromatic N) is 3. The Hall–Kier alpha value is -2.99. The lowest BCUT2D eigenvalue weighted by atomic mass is 10.1. The number of aryl methyl sites for hydroxylation is 1. The maximum Gasteiger partial charge on any atom is 0.191 e. The fourth-order valence-electron chi connectivity index (χ4n) is 3.47. The number of aromatic nitrogens is 3. The predicted octanol–water partition coefficient (Wildman–Crippen LogP) is 5.58. The van der Waals surface area contributed by atoms with Gasteiger partial charge in [-0.25, -0.2) is 4.98 Å². The number of benzene rings is 2. The Morgan fingerprint density at radius 3 is 2.83 bits per heavy atom. The van der Waals surface area contributed by atoms with Gasteiger partial charge < -0.3 is 14.5 Å². The largest absolute Gasteiger partial charge is 0.496 e. The van der Waals surface area contributed by atoms with Crippen molar-refractivity contribution in [1.82, 2.24) is 14.8 Å². The molecule has 2 heterocycles. The molecule has 1 aliphatic carbocycles. The minimum Gasteiger partial charge on any atom is -0.496 e. The highest BCUT2D eigenvalue weighted by atomic mass is 35.5. The number of fused-ring (bicyclic) bond motifs is 1. The number of oxazole rings is 1. The lowest BCUT2D eigenvalue weighted by Gasteiger charge is -2.11. The van der Waals surface area contributed by atoms with Crippen LogP contribution in [-0.2, 0) is 6.54 Å². The highest BCUT2D eigenvalue weighted by Gasteiger charge is 2.22. The Morgan fingerprint density at radius 1 is 1.24 bits per heavy atom. The van der Waals surface area contributed by atoms with Gasteiger partial charge in [0.05, 0.1) is 24.6 Å². The second kappa shape index (κ2) is 7.79. The SMILES string of the molecule is COc1cc(Nc2cccc3cn(CC4CC4)nc23)ccc1-c1cnc(C)o1.Cl. The number of anilines is 2. The molecule has 29 heavy (non-hydrogen) atoms. The second-order valence-electron chi connectivity index (χ2n) is 7.32. The summed E-state index contributed by atoms with van der Waals surface area (Å²) in [6.45, 7) is 2.84. The van der Waals surface area contributed by atoms with Gasteiger partial charge in [0.1, 0.15) is 11.3 Å². The first kappa shape index (κ1) is 19.3. The summed E-state index contributed by atoms with van der Waals surface area (Å²) in [4.78, 5) is 4.17. The first-order valence-electron chi connectivity index (χ1n) is 9.53. The second-order valence-corrected chi connectivity index (χ2v) is 7.32. The van der Waals surface area contributed by atoms with Crippen molar-refractivity contribution in [3.8, 4) is 17.1 Å². The molecule has 4 aromatic rings. The number of hydrogen-bond acceptors (Lipinski definition) is 5. The van der Waals surface area contributed by atoms with Gasteiger partial charge >= 0.3 is 0 Å². The number of halogens is 1. The van der Waals surface area contributed by atoms with E-state index in [1.54, 1.807) is 13.3 Å². The molecule has 1 N–H and O–H groups in total. The van der Waals surface area contributed by atoms with Gasteiger partial charge in [-0.05, 0) is 37.0 Å². The van der Waals surface area contributed by atoms with Crippen LogP contribution in [0.4, 0.5) is 11.4 Å². The highest BCUT2D eigenvalue weighted by Crippen LogP contribution is 2.35. The third-order valence-corrected chi connectivity index (χ3v) is 5.09. The molecule has 5 rings (SSSR count). The summed E-state index contributed by atoms with van der Waals surface area (Å²) in [6, 6.07) is 12.2. The molecule has 0 atom stereocenters. The molecule has 0 amide bonds. The fraction of sp³-hybridized carbons (Fsp3) is 0.273. The molecule has 1 aliphatic rings. The van der Waals surface area contributed by atoms with Crippen LogP contribution >= 0.6 is 12.4 Å². The third kappa shape index (κ3) is 3.93. The van der Waals surface area contributed by atoms with Crippen LogP contribution in [0.5, 0.6) is 5.75 Å². The van der Waals surface area contributed by atoms with Crippen LogP contribution < -0.4 is 10.1 Å². The average molecular weight is 411 g/mol. The van der Waals surface area contributed by atoms with E-state index in [4.69, 9.17) is 14.3 Å². The van der Waals surface area contributed by atoms with Crippen molar-refractivity contribution in [3.05, 3.63) is 54.7 Å². The van der Waals surface area contributed by atoms with Crippen LogP contribution in [0.2, 0.25) is 0 Å². The Kier molecular flexibility index (Phi) is 5.20. The van der Waals surface area contributed by atoms with Gasteiger partial charge in [-0.1, -0.05) is 12.1 Å². The van der Waals surface area contributed by atoms with Crippen LogP contribution in [0.3, 0.4) is 0 Å². The zero-order valence-corrected chi connectivity index (χ0v) is 17.2. The maximum atomic E-state index is 5.64. The monoisotopic (exact) mass is 410 g/mol. The Bertz CT molecular complexity index is 1150. The number of nitrogens with one attached hydrogen (secondary N) is 1. The number of ether oxygens (including phenoxy) is 1. The molecule has 150 valence electrons. The van der Waals surface area contributed by atoms with E-state index in [-0.39, 0.29) is 12.4 Å². The van der Waals surface area contributed by atoms with Crippen molar-refractivity contribution < 1.29 is 9.15 Å². The van der Waals surface area contributed by atoms with Crippen LogP contribution in [0, 0.1) is 12.8 Å². The van der Waals surface area contributed by atoms with E-state index in [2.05, 4.69) is 39.4 Å². The van der Waals surface area contributed by atoms with Crippen LogP contribution in [0.25, 0.3) is 22.2 Å². The van der Waals surface area contributed by atoms with E-state index in [1.165, 1.54) is 12.8 Å². The maximum absolute atomic E-state index is 5.64. The first-order chi connectivity index (χ1) is 13.7. The van der Waals surface area contributed by atoms with Crippen molar-refractivity contribution in [2.45, 2.75) is 26.3 Å². The smallest absolute Gasteiger partial charge is 0.191 e. The van der Waals surface area contributed by atoms with Crippen molar-refractivity contribution in [1.29, 1.82) is 0 Å². The summed E-state index contributed by atoms with van der Waals surface area (Å²) in [5, 5.41) is 9.43. The summed E-state index contributed by atoms with van der Waals surface area (Å²) >= 11 is 0.